The summed E-state index contributed by atoms with van der Waals surface area (Å²) in [7, 11) is 0. The molecule has 1 aromatic rings. The molecule has 0 saturated carbocycles. The van der Waals surface area contributed by atoms with Crippen LogP contribution in [0.2, 0.25) is 0 Å². The highest BCUT2D eigenvalue weighted by molar-refractivity contribution is 14.1. The Morgan fingerprint density at radius 3 is 2.36 bits per heavy atom. The standard InChI is InChI=1S/C11H14I2O/c1-7(2)9-4-5-10(13)11(6-9)14-8(3)12/h4-8H,1-3H3. The van der Waals surface area contributed by atoms with Crippen molar-refractivity contribution in [3.8, 4) is 5.75 Å². The Kier molecular flexibility index (Phi) is 4.96. The lowest BCUT2D eigenvalue weighted by atomic mass is 10.0. The van der Waals surface area contributed by atoms with Crippen molar-refractivity contribution in [2.45, 2.75) is 30.8 Å². The molecular weight excluding hydrogens is 402 g/mol. The van der Waals surface area contributed by atoms with Crippen LogP contribution in [0.5, 0.6) is 5.75 Å². The molecule has 0 aromatic heterocycles. The molecule has 0 aliphatic heterocycles. The summed E-state index contributed by atoms with van der Waals surface area (Å²) in [4.78, 5) is 0. The summed E-state index contributed by atoms with van der Waals surface area (Å²) in [6, 6.07) is 6.42. The first-order chi connectivity index (χ1) is 6.50. The number of ether oxygens (including phenoxy) is 1. The van der Waals surface area contributed by atoms with E-state index in [2.05, 4.69) is 77.2 Å². The van der Waals surface area contributed by atoms with Crippen LogP contribution in [0.3, 0.4) is 0 Å². The van der Waals surface area contributed by atoms with Gasteiger partial charge in [-0.15, -0.1) is 0 Å². The van der Waals surface area contributed by atoms with Gasteiger partial charge in [-0.1, -0.05) is 19.9 Å². The van der Waals surface area contributed by atoms with Crippen molar-refractivity contribution in [3.05, 3.63) is 27.3 Å². The summed E-state index contributed by atoms with van der Waals surface area (Å²) < 4.78 is 7.10. The van der Waals surface area contributed by atoms with Crippen molar-refractivity contribution >= 4 is 45.2 Å². The van der Waals surface area contributed by atoms with E-state index >= 15 is 0 Å². The van der Waals surface area contributed by atoms with Gasteiger partial charge < -0.3 is 4.74 Å². The summed E-state index contributed by atoms with van der Waals surface area (Å²) in [5, 5.41) is 0. The largest absolute Gasteiger partial charge is 0.479 e. The van der Waals surface area contributed by atoms with Crippen LogP contribution in [-0.4, -0.2) is 4.11 Å². The van der Waals surface area contributed by atoms with Gasteiger partial charge in [0, 0.05) is 0 Å². The van der Waals surface area contributed by atoms with E-state index in [9.17, 15) is 0 Å². The number of alkyl halides is 1. The average Bonchev–Trinajstić information content (AvgIpc) is 2.07. The Morgan fingerprint density at radius 2 is 1.86 bits per heavy atom. The Morgan fingerprint density at radius 1 is 1.21 bits per heavy atom. The maximum Gasteiger partial charge on any atom is 0.146 e. The highest BCUT2D eigenvalue weighted by atomic mass is 127. The fourth-order valence-electron chi connectivity index (χ4n) is 1.14. The Bertz CT molecular complexity index is 308. The summed E-state index contributed by atoms with van der Waals surface area (Å²) in [5.74, 6) is 1.55. The third-order valence-electron chi connectivity index (χ3n) is 1.91. The fraction of sp³-hybridized carbons (Fsp3) is 0.455. The number of hydrogen-bond donors (Lipinski definition) is 0. The summed E-state index contributed by atoms with van der Waals surface area (Å²) in [5.41, 5.74) is 1.33. The zero-order valence-corrected chi connectivity index (χ0v) is 12.9. The molecule has 14 heavy (non-hydrogen) atoms. The molecule has 1 nitrogen and oxygen atoms in total. The second-order valence-corrected chi connectivity index (χ2v) is 6.42. The molecule has 0 amide bonds. The van der Waals surface area contributed by atoms with Gasteiger partial charge >= 0.3 is 0 Å². The molecular formula is C11H14I2O. The molecule has 0 N–H and O–H groups in total. The third-order valence-corrected chi connectivity index (χ3v) is 3.06. The maximum absolute atomic E-state index is 5.71. The maximum atomic E-state index is 5.71. The highest BCUT2D eigenvalue weighted by Gasteiger charge is 2.07. The van der Waals surface area contributed by atoms with Crippen LogP contribution in [0, 0.1) is 3.57 Å². The minimum absolute atomic E-state index is 0.212. The van der Waals surface area contributed by atoms with Crippen LogP contribution in [0.1, 0.15) is 32.3 Å². The van der Waals surface area contributed by atoms with E-state index in [0.717, 1.165) is 5.75 Å². The van der Waals surface area contributed by atoms with E-state index in [4.69, 9.17) is 4.74 Å². The molecule has 0 fully saturated rings. The second-order valence-electron chi connectivity index (χ2n) is 3.51. The van der Waals surface area contributed by atoms with Gasteiger partial charge in [-0.3, -0.25) is 0 Å². The van der Waals surface area contributed by atoms with Gasteiger partial charge in [-0.25, -0.2) is 0 Å². The number of halogens is 2. The van der Waals surface area contributed by atoms with Gasteiger partial charge in [0.05, 0.1) is 3.57 Å². The normalized spacial score (nSPS) is 13.0. The molecule has 1 aromatic carbocycles. The molecule has 0 bridgehead atoms. The van der Waals surface area contributed by atoms with Crippen molar-refractivity contribution in [3.63, 3.8) is 0 Å². The monoisotopic (exact) mass is 416 g/mol. The van der Waals surface area contributed by atoms with Crippen LogP contribution in [0.4, 0.5) is 0 Å². The number of benzene rings is 1. The first-order valence-corrected chi connectivity index (χ1v) is 6.93. The van der Waals surface area contributed by atoms with Gasteiger partial charge in [0.15, 0.2) is 0 Å². The van der Waals surface area contributed by atoms with Gasteiger partial charge in [-0.05, 0) is 75.7 Å². The molecule has 0 aliphatic carbocycles. The SMILES string of the molecule is CC(I)Oc1cc(C(C)C)ccc1I. The van der Waals surface area contributed by atoms with Gasteiger partial charge in [0.25, 0.3) is 0 Å². The van der Waals surface area contributed by atoms with Gasteiger partial charge in [0.1, 0.15) is 9.86 Å². The van der Waals surface area contributed by atoms with Crippen molar-refractivity contribution in [1.82, 2.24) is 0 Å². The molecule has 1 unspecified atom stereocenters. The first-order valence-electron chi connectivity index (χ1n) is 4.61. The highest BCUT2D eigenvalue weighted by Crippen LogP contribution is 2.27. The Hall–Kier alpha value is 0.480. The lowest BCUT2D eigenvalue weighted by Gasteiger charge is -2.13. The number of hydrogen-bond acceptors (Lipinski definition) is 1. The zero-order chi connectivity index (χ0) is 10.7. The zero-order valence-electron chi connectivity index (χ0n) is 8.55. The molecule has 1 rings (SSSR count). The van der Waals surface area contributed by atoms with Crippen molar-refractivity contribution in [1.29, 1.82) is 0 Å². The van der Waals surface area contributed by atoms with Crippen LogP contribution >= 0.6 is 45.2 Å². The molecule has 0 aliphatic rings. The molecule has 78 valence electrons. The van der Waals surface area contributed by atoms with Gasteiger partial charge in [-0.2, -0.15) is 0 Å². The molecule has 0 heterocycles. The van der Waals surface area contributed by atoms with E-state index < -0.39 is 0 Å². The average molecular weight is 416 g/mol. The van der Waals surface area contributed by atoms with Crippen LogP contribution < -0.4 is 4.74 Å². The van der Waals surface area contributed by atoms with Crippen LogP contribution in [-0.2, 0) is 0 Å². The third kappa shape index (κ3) is 3.56. The smallest absolute Gasteiger partial charge is 0.146 e. The lowest BCUT2D eigenvalue weighted by Crippen LogP contribution is -2.03. The molecule has 0 radical (unpaired) electrons. The van der Waals surface area contributed by atoms with Crippen molar-refractivity contribution in [2.75, 3.05) is 0 Å². The summed E-state index contributed by atoms with van der Waals surface area (Å²) >= 11 is 4.57. The lowest BCUT2D eigenvalue weighted by molar-refractivity contribution is 0.320. The molecule has 0 saturated heterocycles. The van der Waals surface area contributed by atoms with E-state index in [1.165, 1.54) is 9.13 Å². The predicted molar refractivity (Wildman–Crippen MR) is 77.4 cm³/mol. The van der Waals surface area contributed by atoms with E-state index in [1.54, 1.807) is 0 Å². The Balaban J connectivity index is 2.96. The van der Waals surface area contributed by atoms with Crippen LogP contribution in [0.15, 0.2) is 18.2 Å². The predicted octanol–water partition coefficient (Wildman–Crippen LogP) is 4.57. The Labute approximate surface area is 113 Å². The summed E-state index contributed by atoms with van der Waals surface area (Å²) in [6.07, 6.45) is 0. The fourth-order valence-corrected chi connectivity index (χ4v) is 1.88. The minimum Gasteiger partial charge on any atom is -0.479 e. The second kappa shape index (κ2) is 5.53. The van der Waals surface area contributed by atoms with Crippen molar-refractivity contribution < 1.29 is 4.74 Å². The minimum atomic E-state index is 0.212. The quantitative estimate of drug-likeness (QED) is 0.518. The van der Waals surface area contributed by atoms with Crippen molar-refractivity contribution in [2.24, 2.45) is 0 Å². The first kappa shape index (κ1) is 12.5. The summed E-state index contributed by atoms with van der Waals surface area (Å²) in [6.45, 7) is 6.43. The van der Waals surface area contributed by atoms with Gasteiger partial charge in [0.2, 0.25) is 0 Å². The topological polar surface area (TPSA) is 9.23 Å². The van der Waals surface area contributed by atoms with E-state index in [0.29, 0.717) is 5.92 Å². The van der Waals surface area contributed by atoms with E-state index in [1.807, 2.05) is 6.92 Å². The molecule has 1 atom stereocenters. The molecule has 3 heteroatoms. The number of rotatable bonds is 3. The van der Waals surface area contributed by atoms with E-state index in [-0.39, 0.29) is 4.11 Å². The van der Waals surface area contributed by atoms with Crippen LogP contribution in [0.25, 0.3) is 0 Å². The molecule has 0 spiro atoms.